The van der Waals surface area contributed by atoms with Gasteiger partial charge in [-0.25, -0.2) is 4.98 Å². The Labute approximate surface area is 143 Å². The molecule has 0 saturated carbocycles. The van der Waals surface area contributed by atoms with Gasteiger partial charge in [0.1, 0.15) is 5.03 Å². The van der Waals surface area contributed by atoms with Gasteiger partial charge in [0.05, 0.1) is 5.56 Å². The largest absolute Gasteiger partial charge is 0.338 e. The number of amides is 1. The maximum absolute atomic E-state index is 12.7. The van der Waals surface area contributed by atoms with Gasteiger partial charge in [-0.1, -0.05) is 30.8 Å². The van der Waals surface area contributed by atoms with Crippen molar-refractivity contribution in [2.75, 3.05) is 13.1 Å². The number of carbonyl (C=O) groups is 1. The van der Waals surface area contributed by atoms with Crippen LogP contribution in [0.4, 0.5) is 0 Å². The number of hydrogen-bond donors (Lipinski definition) is 0. The van der Waals surface area contributed by atoms with Gasteiger partial charge >= 0.3 is 0 Å². The minimum Gasteiger partial charge on any atom is -0.338 e. The standard InChI is InChI=1S/C17H17BrN2OS/c1-12-8-9-20(11-12)17(21)14-4-2-3-5-15(14)22-16-7-6-13(18)10-19-16/h2-7,10,12H,8-9,11H2,1H3. The average molecular weight is 377 g/mol. The van der Waals surface area contributed by atoms with Crippen LogP contribution in [-0.2, 0) is 0 Å². The van der Waals surface area contributed by atoms with E-state index in [2.05, 4.69) is 27.8 Å². The van der Waals surface area contributed by atoms with Crippen LogP contribution < -0.4 is 0 Å². The molecule has 1 aliphatic heterocycles. The van der Waals surface area contributed by atoms with Crippen LogP contribution in [0.15, 0.2) is 57.0 Å². The summed E-state index contributed by atoms with van der Waals surface area (Å²) in [6.07, 6.45) is 2.87. The Kier molecular flexibility index (Phi) is 4.84. The fourth-order valence-corrected chi connectivity index (χ4v) is 3.67. The molecule has 1 atom stereocenters. The highest BCUT2D eigenvalue weighted by atomic mass is 79.9. The van der Waals surface area contributed by atoms with Gasteiger partial charge in [-0.2, -0.15) is 0 Å². The zero-order chi connectivity index (χ0) is 15.5. The van der Waals surface area contributed by atoms with Gasteiger partial charge in [-0.15, -0.1) is 0 Å². The third-order valence-electron chi connectivity index (χ3n) is 3.74. The van der Waals surface area contributed by atoms with Gasteiger partial charge in [-0.05, 0) is 52.5 Å². The molecule has 22 heavy (non-hydrogen) atoms. The molecule has 0 radical (unpaired) electrons. The highest BCUT2D eigenvalue weighted by Gasteiger charge is 2.25. The Bertz CT molecular complexity index is 675. The molecule has 0 spiro atoms. The molecular weight excluding hydrogens is 360 g/mol. The molecule has 3 nitrogen and oxygen atoms in total. The van der Waals surface area contributed by atoms with Crippen LogP contribution in [-0.4, -0.2) is 28.9 Å². The average Bonchev–Trinajstić information content (AvgIpc) is 2.96. The lowest BCUT2D eigenvalue weighted by Gasteiger charge is -2.17. The summed E-state index contributed by atoms with van der Waals surface area (Å²) in [5, 5.41) is 0.887. The number of halogens is 1. The lowest BCUT2D eigenvalue weighted by molar-refractivity contribution is 0.0784. The quantitative estimate of drug-likeness (QED) is 0.791. The molecule has 2 aromatic rings. The molecule has 1 saturated heterocycles. The zero-order valence-corrected chi connectivity index (χ0v) is 14.7. The predicted molar refractivity (Wildman–Crippen MR) is 92.2 cm³/mol. The fourth-order valence-electron chi connectivity index (χ4n) is 2.56. The molecule has 3 rings (SSSR count). The van der Waals surface area contributed by atoms with Gasteiger partial charge in [0.2, 0.25) is 0 Å². The second-order valence-electron chi connectivity index (χ2n) is 5.56. The first-order valence-corrected chi connectivity index (χ1v) is 8.92. The van der Waals surface area contributed by atoms with Crippen LogP contribution >= 0.6 is 27.7 Å². The molecule has 1 aliphatic rings. The second kappa shape index (κ2) is 6.84. The number of likely N-dealkylation sites (tertiary alicyclic amines) is 1. The van der Waals surface area contributed by atoms with Gasteiger partial charge < -0.3 is 4.90 Å². The molecule has 0 aliphatic carbocycles. The molecule has 1 amide bonds. The first kappa shape index (κ1) is 15.6. The maximum atomic E-state index is 12.7. The number of aromatic nitrogens is 1. The summed E-state index contributed by atoms with van der Waals surface area (Å²) in [4.78, 5) is 20.0. The summed E-state index contributed by atoms with van der Waals surface area (Å²) in [5.74, 6) is 0.724. The molecule has 1 aromatic heterocycles. The topological polar surface area (TPSA) is 33.2 Å². The fraction of sp³-hybridized carbons (Fsp3) is 0.294. The van der Waals surface area contributed by atoms with Crippen LogP contribution in [0, 0.1) is 5.92 Å². The Morgan fingerprint density at radius 1 is 1.32 bits per heavy atom. The van der Waals surface area contributed by atoms with Crippen LogP contribution in [0.25, 0.3) is 0 Å². The first-order chi connectivity index (χ1) is 10.6. The summed E-state index contributed by atoms with van der Waals surface area (Å²) in [6, 6.07) is 11.7. The molecule has 1 unspecified atom stereocenters. The predicted octanol–water partition coefficient (Wildman–Crippen LogP) is 4.48. The first-order valence-electron chi connectivity index (χ1n) is 7.31. The van der Waals surface area contributed by atoms with Crippen molar-refractivity contribution in [3.8, 4) is 0 Å². The van der Waals surface area contributed by atoms with E-state index in [0.717, 1.165) is 39.5 Å². The van der Waals surface area contributed by atoms with E-state index in [1.165, 1.54) is 11.8 Å². The normalized spacial score (nSPS) is 17.7. The highest BCUT2D eigenvalue weighted by Crippen LogP contribution is 2.31. The minimum absolute atomic E-state index is 0.129. The van der Waals surface area contributed by atoms with E-state index < -0.39 is 0 Å². The lowest BCUT2D eigenvalue weighted by atomic mass is 10.2. The molecule has 5 heteroatoms. The van der Waals surface area contributed by atoms with E-state index in [1.54, 1.807) is 6.20 Å². The van der Waals surface area contributed by atoms with Crippen molar-refractivity contribution in [1.29, 1.82) is 0 Å². The highest BCUT2D eigenvalue weighted by molar-refractivity contribution is 9.10. The summed E-state index contributed by atoms with van der Waals surface area (Å²) < 4.78 is 0.951. The molecule has 1 aromatic carbocycles. The molecule has 114 valence electrons. The van der Waals surface area contributed by atoms with Crippen molar-refractivity contribution < 1.29 is 4.79 Å². The van der Waals surface area contributed by atoms with Gasteiger partial charge in [0.15, 0.2) is 0 Å². The van der Waals surface area contributed by atoms with Crippen LogP contribution in [0.2, 0.25) is 0 Å². The summed E-state index contributed by atoms with van der Waals surface area (Å²) in [7, 11) is 0. The molecule has 0 N–H and O–H groups in total. The smallest absolute Gasteiger partial charge is 0.255 e. The zero-order valence-electron chi connectivity index (χ0n) is 12.3. The number of nitrogens with zero attached hydrogens (tertiary/aromatic N) is 2. The monoisotopic (exact) mass is 376 g/mol. The van der Waals surface area contributed by atoms with E-state index in [9.17, 15) is 4.79 Å². The van der Waals surface area contributed by atoms with Crippen LogP contribution in [0.1, 0.15) is 23.7 Å². The minimum atomic E-state index is 0.129. The molecule has 2 heterocycles. The lowest BCUT2D eigenvalue weighted by Crippen LogP contribution is -2.28. The molecule has 1 fully saturated rings. The summed E-state index contributed by atoms with van der Waals surface area (Å²) in [5.41, 5.74) is 0.770. The van der Waals surface area contributed by atoms with Crippen molar-refractivity contribution in [1.82, 2.24) is 9.88 Å². The Balaban J connectivity index is 1.83. The third kappa shape index (κ3) is 3.52. The Morgan fingerprint density at radius 2 is 2.14 bits per heavy atom. The Hall–Kier alpha value is -1.33. The number of carbonyl (C=O) groups excluding carboxylic acids is 1. The summed E-state index contributed by atoms with van der Waals surface area (Å²) in [6.45, 7) is 3.91. The second-order valence-corrected chi connectivity index (χ2v) is 7.54. The molecule has 0 bridgehead atoms. The van der Waals surface area contributed by atoms with E-state index in [0.29, 0.717) is 5.92 Å². The SMILES string of the molecule is CC1CCN(C(=O)c2ccccc2Sc2ccc(Br)cn2)C1. The number of rotatable bonds is 3. The molecular formula is C17H17BrN2OS. The van der Waals surface area contributed by atoms with E-state index in [1.807, 2.05) is 41.3 Å². The van der Waals surface area contributed by atoms with Gasteiger partial charge in [0, 0.05) is 28.7 Å². The van der Waals surface area contributed by atoms with Crippen molar-refractivity contribution >= 4 is 33.6 Å². The van der Waals surface area contributed by atoms with Crippen molar-refractivity contribution in [2.45, 2.75) is 23.3 Å². The number of benzene rings is 1. The van der Waals surface area contributed by atoms with Crippen molar-refractivity contribution in [3.63, 3.8) is 0 Å². The van der Waals surface area contributed by atoms with Crippen LogP contribution in [0.5, 0.6) is 0 Å². The van der Waals surface area contributed by atoms with E-state index in [-0.39, 0.29) is 5.91 Å². The Morgan fingerprint density at radius 3 is 2.82 bits per heavy atom. The maximum Gasteiger partial charge on any atom is 0.255 e. The van der Waals surface area contributed by atoms with Crippen molar-refractivity contribution in [3.05, 3.63) is 52.6 Å². The number of hydrogen-bond acceptors (Lipinski definition) is 3. The van der Waals surface area contributed by atoms with Gasteiger partial charge in [0.25, 0.3) is 5.91 Å². The van der Waals surface area contributed by atoms with Crippen molar-refractivity contribution in [2.24, 2.45) is 5.92 Å². The third-order valence-corrected chi connectivity index (χ3v) is 5.24. The van der Waals surface area contributed by atoms with E-state index in [4.69, 9.17) is 0 Å². The van der Waals surface area contributed by atoms with Gasteiger partial charge in [-0.3, -0.25) is 4.79 Å². The summed E-state index contributed by atoms with van der Waals surface area (Å²) >= 11 is 4.92. The van der Waals surface area contributed by atoms with E-state index >= 15 is 0 Å². The number of pyridine rings is 1. The van der Waals surface area contributed by atoms with Crippen LogP contribution in [0.3, 0.4) is 0 Å².